The monoisotopic (exact) mass is 250 g/mol. The Hall–Kier alpha value is -1.76. The molecule has 0 aliphatic rings. The first-order chi connectivity index (χ1) is 8.22. The molecule has 0 spiro atoms. The van der Waals surface area contributed by atoms with E-state index in [-0.39, 0.29) is 0 Å². The van der Waals surface area contributed by atoms with Gasteiger partial charge >= 0.3 is 0 Å². The first-order valence-electron chi connectivity index (χ1n) is 4.85. The van der Waals surface area contributed by atoms with Crippen LogP contribution >= 0.6 is 11.6 Å². The number of nitrogens with zero attached hydrogens (tertiary/aromatic N) is 3. The lowest BCUT2D eigenvalue weighted by Gasteiger charge is -2.16. The third-order valence-electron chi connectivity index (χ3n) is 2.27. The summed E-state index contributed by atoms with van der Waals surface area (Å²) >= 11 is 5.88. The normalized spacial score (nSPS) is 12.4. The van der Waals surface area contributed by atoms with Crippen molar-refractivity contribution in [2.45, 2.75) is 6.04 Å². The molecule has 0 amide bonds. The van der Waals surface area contributed by atoms with Gasteiger partial charge in [-0.15, -0.1) is 0 Å². The van der Waals surface area contributed by atoms with E-state index in [0.29, 0.717) is 22.1 Å². The highest BCUT2D eigenvalue weighted by atomic mass is 35.5. The summed E-state index contributed by atoms with van der Waals surface area (Å²) in [5, 5.41) is 0.485. The van der Waals surface area contributed by atoms with Gasteiger partial charge in [0.15, 0.2) is 0 Å². The van der Waals surface area contributed by atoms with Gasteiger partial charge in [-0.1, -0.05) is 11.6 Å². The van der Waals surface area contributed by atoms with Gasteiger partial charge in [0.1, 0.15) is 5.82 Å². The molecule has 5 N–H and O–H groups in total. The average molecular weight is 251 g/mol. The highest BCUT2D eigenvalue weighted by molar-refractivity contribution is 6.30. The van der Waals surface area contributed by atoms with Crippen LogP contribution in [0.3, 0.4) is 0 Å². The fourth-order valence-electron chi connectivity index (χ4n) is 1.49. The fraction of sp³-hybridized carbons (Fsp3) is 0.100. The molecule has 2 rings (SSSR count). The van der Waals surface area contributed by atoms with Gasteiger partial charge in [-0.05, 0) is 6.07 Å². The molecule has 88 valence electrons. The quantitative estimate of drug-likeness (QED) is 0.546. The van der Waals surface area contributed by atoms with Crippen molar-refractivity contribution in [3.05, 3.63) is 47.1 Å². The standard InChI is InChI=1S/C10H11ClN6/c11-6-3-7(10(12)16-4-6)9(17-13)8-5-14-1-2-15-8/h1-5,9,17H,13H2,(H2,12,16). The van der Waals surface area contributed by atoms with E-state index in [4.69, 9.17) is 23.2 Å². The summed E-state index contributed by atoms with van der Waals surface area (Å²) in [5.74, 6) is 5.86. The van der Waals surface area contributed by atoms with Crippen molar-refractivity contribution in [2.24, 2.45) is 5.84 Å². The van der Waals surface area contributed by atoms with Crippen molar-refractivity contribution >= 4 is 17.4 Å². The third kappa shape index (κ3) is 2.50. The lowest BCUT2D eigenvalue weighted by Crippen LogP contribution is -2.30. The van der Waals surface area contributed by atoms with E-state index in [1.807, 2.05) is 0 Å². The number of nitrogen functional groups attached to an aromatic ring is 1. The minimum Gasteiger partial charge on any atom is -0.383 e. The summed E-state index contributed by atoms with van der Waals surface area (Å²) < 4.78 is 0. The van der Waals surface area contributed by atoms with Crippen molar-refractivity contribution in [3.63, 3.8) is 0 Å². The van der Waals surface area contributed by atoms with Crippen LogP contribution in [0.2, 0.25) is 5.02 Å². The van der Waals surface area contributed by atoms with Crippen molar-refractivity contribution in [3.8, 4) is 0 Å². The Morgan fingerprint density at radius 3 is 2.71 bits per heavy atom. The smallest absolute Gasteiger partial charge is 0.128 e. The number of rotatable bonds is 3. The van der Waals surface area contributed by atoms with Crippen molar-refractivity contribution in [2.75, 3.05) is 5.73 Å². The number of pyridine rings is 1. The fourth-order valence-corrected chi connectivity index (χ4v) is 1.66. The second-order valence-electron chi connectivity index (χ2n) is 3.36. The zero-order chi connectivity index (χ0) is 12.3. The van der Waals surface area contributed by atoms with Gasteiger partial charge in [0.25, 0.3) is 0 Å². The third-order valence-corrected chi connectivity index (χ3v) is 2.48. The van der Waals surface area contributed by atoms with E-state index in [2.05, 4.69) is 20.4 Å². The van der Waals surface area contributed by atoms with Crippen LogP contribution in [0, 0.1) is 0 Å². The number of hydrazine groups is 1. The summed E-state index contributed by atoms with van der Waals surface area (Å²) in [7, 11) is 0. The van der Waals surface area contributed by atoms with Crippen LogP contribution in [0.1, 0.15) is 17.3 Å². The van der Waals surface area contributed by atoms with Gasteiger partial charge in [-0.3, -0.25) is 15.8 Å². The zero-order valence-corrected chi connectivity index (χ0v) is 9.59. The van der Waals surface area contributed by atoms with Crippen LogP contribution in [-0.4, -0.2) is 15.0 Å². The molecule has 0 radical (unpaired) electrons. The minimum absolute atomic E-state index is 0.350. The molecular weight excluding hydrogens is 240 g/mol. The lowest BCUT2D eigenvalue weighted by atomic mass is 10.1. The number of halogens is 1. The lowest BCUT2D eigenvalue weighted by molar-refractivity contribution is 0.617. The molecule has 0 saturated carbocycles. The van der Waals surface area contributed by atoms with Crippen LogP contribution in [-0.2, 0) is 0 Å². The molecule has 2 aromatic heterocycles. The number of hydrogen-bond acceptors (Lipinski definition) is 6. The number of anilines is 1. The Labute approximate surface area is 103 Å². The number of aromatic nitrogens is 3. The number of hydrogen-bond donors (Lipinski definition) is 3. The van der Waals surface area contributed by atoms with Gasteiger partial charge in [-0.25, -0.2) is 10.4 Å². The first kappa shape index (κ1) is 11.7. The molecule has 1 atom stereocenters. The van der Waals surface area contributed by atoms with Crippen LogP contribution in [0.5, 0.6) is 0 Å². The Morgan fingerprint density at radius 1 is 1.24 bits per heavy atom. The molecule has 2 aromatic rings. The largest absolute Gasteiger partial charge is 0.383 e. The van der Waals surface area contributed by atoms with E-state index < -0.39 is 6.04 Å². The maximum atomic E-state index is 5.88. The molecule has 0 aliphatic heterocycles. The molecule has 1 unspecified atom stereocenters. The second-order valence-corrected chi connectivity index (χ2v) is 3.79. The summed E-state index contributed by atoms with van der Waals surface area (Å²) in [6, 6.07) is 1.30. The van der Waals surface area contributed by atoms with Crippen LogP contribution in [0.4, 0.5) is 5.82 Å². The molecule has 0 aromatic carbocycles. The first-order valence-corrected chi connectivity index (χ1v) is 5.23. The highest BCUT2D eigenvalue weighted by Gasteiger charge is 2.17. The number of nitrogens with two attached hydrogens (primary N) is 2. The van der Waals surface area contributed by atoms with Crippen molar-refractivity contribution < 1.29 is 0 Å². The van der Waals surface area contributed by atoms with Gasteiger partial charge in [-0.2, -0.15) is 0 Å². The van der Waals surface area contributed by atoms with Crippen molar-refractivity contribution in [1.82, 2.24) is 20.4 Å². The Balaban J connectivity index is 2.46. The molecule has 6 nitrogen and oxygen atoms in total. The molecule has 17 heavy (non-hydrogen) atoms. The summed E-state index contributed by atoms with van der Waals surface area (Å²) in [5.41, 5.74) is 9.72. The van der Waals surface area contributed by atoms with Crippen LogP contribution < -0.4 is 17.0 Å². The summed E-state index contributed by atoms with van der Waals surface area (Å²) in [6.07, 6.45) is 6.24. The Morgan fingerprint density at radius 2 is 2.06 bits per heavy atom. The van der Waals surface area contributed by atoms with Gasteiger partial charge < -0.3 is 5.73 Å². The molecule has 0 bridgehead atoms. The van der Waals surface area contributed by atoms with Crippen LogP contribution in [0.15, 0.2) is 30.9 Å². The highest BCUT2D eigenvalue weighted by Crippen LogP contribution is 2.25. The Bertz CT molecular complexity index is 503. The maximum Gasteiger partial charge on any atom is 0.128 e. The van der Waals surface area contributed by atoms with Gasteiger partial charge in [0.05, 0.1) is 23.0 Å². The summed E-state index contributed by atoms with van der Waals surface area (Å²) in [6.45, 7) is 0. The van der Waals surface area contributed by atoms with E-state index in [9.17, 15) is 0 Å². The summed E-state index contributed by atoms with van der Waals surface area (Å²) in [4.78, 5) is 12.1. The Kier molecular flexibility index (Phi) is 3.48. The number of nitrogens with one attached hydrogen (secondary N) is 1. The molecule has 7 heteroatoms. The molecule has 0 fully saturated rings. The molecular formula is C10H11ClN6. The van der Waals surface area contributed by atoms with Crippen LogP contribution in [0.25, 0.3) is 0 Å². The molecule has 2 heterocycles. The van der Waals surface area contributed by atoms with Crippen molar-refractivity contribution in [1.29, 1.82) is 0 Å². The topological polar surface area (TPSA) is 103 Å². The van der Waals surface area contributed by atoms with E-state index >= 15 is 0 Å². The average Bonchev–Trinajstić information content (AvgIpc) is 2.36. The molecule has 0 aliphatic carbocycles. The van der Waals surface area contributed by atoms with E-state index in [1.54, 1.807) is 24.7 Å². The predicted octanol–water partition coefficient (Wildman–Crippen LogP) is 0.660. The van der Waals surface area contributed by atoms with Gasteiger partial charge in [0, 0.05) is 24.2 Å². The zero-order valence-electron chi connectivity index (χ0n) is 8.84. The van der Waals surface area contributed by atoms with E-state index in [1.165, 1.54) is 6.20 Å². The SMILES string of the molecule is NNC(c1cnccn1)c1cc(Cl)cnc1N. The van der Waals surface area contributed by atoms with Gasteiger partial charge in [0.2, 0.25) is 0 Å². The second kappa shape index (κ2) is 5.05. The minimum atomic E-state index is -0.394. The maximum absolute atomic E-state index is 5.88. The molecule has 0 saturated heterocycles. The van der Waals surface area contributed by atoms with E-state index in [0.717, 1.165) is 0 Å². The predicted molar refractivity (Wildman–Crippen MR) is 64.9 cm³/mol.